The van der Waals surface area contributed by atoms with Crippen LogP contribution < -0.4 is 0 Å². The largest absolute Gasteiger partial charge is 0.339 e. The summed E-state index contributed by atoms with van der Waals surface area (Å²) < 4.78 is 1.85. The van der Waals surface area contributed by atoms with Crippen molar-refractivity contribution in [3.63, 3.8) is 0 Å². The van der Waals surface area contributed by atoms with Crippen LogP contribution in [0.15, 0.2) is 30.3 Å². The Hall–Kier alpha value is -2.24. The maximum absolute atomic E-state index is 13.1. The molecule has 24 heavy (non-hydrogen) atoms. The number of tetrazole rings is 1. The molecule has 126 valence electrons. The first-order valence-corrected chi connectivity index (χ1v) is 8.91. The van der Waals surface area contributed by atoms with Crippen molar-refractivity contribution < 1.29 is 4.79 Å². The minimum atomic E-state index is 0.0878. The zero-order valence-electron chi connectivity index (χ0n) is 13.8. The maximum atomic E-state index is 13.1. The molecule has 6 nitrogen and oxygen atoms in total. The van der Waals surface area contributed by atoms with E-state index in [0.29, 0.717) is 11.9 Å². The van der Waals surface area contributed by atoms with E-state index < -0.39 is 0 Å². The molecule has 1 aliphatic heterocycles. The third kappa shape index (κ3) is 3.32. The lowest BCUT2D eigenvalue weighted by molar-refractivity contribution is -0.136. The van der Waals surface area contributed by atoms with Crippen molar-refractivity contribution >= 4 is 5.91 Å². The lowest BCUT2D eigenvalue weighted by atomic mass is 9.98. The number of rotatable bonds is 5. The van der Waals surface area contributed by atoms with E-state index in [2.05, 4.69) is 44.7 Å². The van der Waals surface area contributed by atoms with Crippen LogP contribution in [0.4, 0.5) is 0 Å². The van der Waals surface area contributed by atoms with Crippen LogP contribution >= 0.6 is 0 Å². The molecule has 0 bridgehead atoms. The van der Waals surface area contributed by atoms with Gasteiger partial charge in [-0.15, -0.1) is 5.10 Å². The molecule has 1 aromatic carbocycles. The minimum absolute atomic E-state index is 0.0878. The standard InChI is InChI=1S/C18H23N5O/c24-18(15-6-9-17-19-20-21-23(17)13-11-15)22(16-7-8-16)12-10-14-4-2-1-3-5-14/h1-5,15-16H,6-13H2. The molecular weight excluding hydrogens is 302 g/mol. The number of fused-ring (bicyclic) bond motifs is 1. The molecule has 1 unspecified atom stereocenters. The minimum Gasteiger partial charge on any atom is -0.339 e. The van der Waals surface area contributed by atoms with Crippen LogP contribution in [0.2, 0.25) is 0 Å². The molecule has 2 aliphatic rings. The van der Waals surface area contributed by atoms with Crippen molar-refractivity contribution in [1.82, 2.24) is 25.1 Å². The zero-order chi connectivity index (χ0) is 16.4. The van der Waals surface area contributed by atoms with Gasteiger partial charge in [-0.3, -0.25) is 4.79 Å². The van der Waals surface area contributed by atoms with Crippen LogP contribution in [0.25, 0.3) is 0 Å². The molecule has 1 atom stereocenters. The maximum Gasteiger partial charge on any atom is 0.226 e. The summed E-state index contributed by atoms with van der Waals surface area (Å²) in [7, 11) is 0. The summed E-state index contributed by atoms with van der Waals surface area (Å²) in [5.41, 5.74) is 1.30. The highest BCUT2D eigenvalue weighted by molar-refractivity contribution is 5.79. The number of aromatic nitrogens is 4. The predicted octanol–water partition coefficient (Wildman–Crippen LogP) is 1.86. The Labute approximate surface area is 141 Å². The molecule has 1 aliphatic carbocycles. The number of carbonyl (C=O) groups is 1. The second-order valence-corrected chi connectivity index (χ2v) is 6.84. The quantitative estimate of drug-likeness (QED) is 0.842. The fraction of sp³-hybridized carbons (Fsp3) is 0.556. The first-order valence-electron chi connectivity index (χ1n) is 8.91. The molecule has 1 saturated carbocycles. The van der Waals surface area contributed by atoms with Crippen LogP contribution in [-0.4, -0.2) is 43.6 Å². The second kappa shape index (κ2) is 6.71. The van der Waals surface area contributed by atoms with Gasteiger partial charge in [-0.2, -0.15) is 0 Å². The second-order valence-electron chi connectivity index (χ2n) is 6.84. The lowest BCUT2D eigenvalue weighted by Crippen LogP contribution is -2.39. The molecule has 0 spiro atoms. The Kier molecular flexibility index (Phi) is 4.28. The van der Waals surface area contributed by atoms with E-state index in [4.69, 9.17) is 0 Å². The topological polar surface area (TPSA) is 63.9 Å². The van der Waals surface area contributed by atoms with E-state index in [1.807, 2.05) is 10.7 Å². The highest BCUT2D eigenvalue weighted by atomic mass is 16.2. The molecular formula is C18H23N5O. The van der Waals surface area contributed by atoms with Crippen LogP contribution in [0, 0.1) is 5.92 Å². The molecule has 0 radical (unpaired) electrons. The van der Waals surface area contributed by atoms with Gasteiger partial charge in [0.25, 0.3) is 0 Å². The van der Waals surface area contributed by atoms with Gasteiger partial charge in [0.05, 0.1) is 0 Å². The zero-order valence-corrected chi connectivity index (χ0v) is 13.8. The van der Waals surface area contributed by atoms with Gasteiger partial charge >= 0.3 is 0 Å². The Bertz CT molecular complexity index is 672. The van der Waals surface area contributed by atoms with Crippen molar-refractivity contribution in [3.05, 3.63) is 41.7 Å². The summed E-state index contributed by atoms with van der Waals surface area (Å²) in [4.78, 5) is 15.2. The summed E-state index contributed by atoms with van der Waals surface area (Å²) in [6, 6.07) is 10.9. The first-order chi connectivity index (χ1) is 11.8. The first kappa shape index (κ1) is 15.3. The van der Waals surface area contributed by atoms with Crippen LogP contribution in [0.1, 0.15) is 37.1 Å². The Morgan fingerprint density at radius 1 is 1.17 bits per heavy atom. The average molecular weight is 325 g/mol. The predicted molar refractivity (Wildman–Crippen MR) is 89.1 cm³/mol. The normalized spacial score (nSPS) is 20.2. The van der Waals surface area contributed by atoms with E-state index >= 15 is 0 Å². The van der Waals surface area contributed by atoms with Gasteiger partial charge in [-0.05, 0) is 48.1 Å². The summed E-state index contributed by atoms with van der Waals surface area (Å²) in [6.45, 7) is 1.57. The van der Waals surface area contributed by atoms with Crippen molar-refractivity contribution in [2.75, 3.05) is 6.54 Å². The van der Waals surface area contributed by atoms with Crippen molar-refractivity contribution in [2.45, 2.75) is 51.1 Å². The number of hydrogen-bond donors (Lipinski definition) is 0. The van der Waals surface area contributed by atoms with Gasteiger partial charge in [0.15, 0.2) is 5.82 Å². The van der Waals surface area contributed by atoms with E-state index in [0.717, 1.165) is 57.4 Å². The van der Waals surface area contributed by atoms with Crippen LogP contribution in [0.3, 0.4) is 0 Å². The van der Waals surface area contributed by atoms with E-state index in [1.165, 1.54) is 5.56 Å². The van der Waals surface area contributed by atoms with Crippen molar-refractivity contribution in [1.29, 1.82) is 0 Å². The van der Waals surface area contributed by atoms with Crippen molar-refractivity contribution in [2.24, 2.45) is 5.92 Å². The number of hydrogen-bond acceptors (Lipinski definition) is 4. The third-order valence-electron chi connectivity index (χ3n) is 5.12. The molecule has 1 fully saturated rings. The number of amides is 1. The Morgan fingerprint density at radius 2 is 2.00 bits per heavy atom. The SMILES string of the molecule is O=C(C1CCc2nnnn2CC1)N(CCc1ccccc1)C1CC1. The monoisotopic (exact) mass is 325 g/mol. The van der Waals surface area contributed by atoms with Gasteiger partial charge in [0, 0.05) is 31.5 Å². The molecule has 4 rings (SSSR count). The van der Waals surface area contributed by atoms with Gasteiger partial charge < -0.3 is 4.90 Å². The van der Waals surface area contributed by atoms with E-state index in [9.17, 15) is 4.79 Å². The number of nitrogens with zero attached hydrogens (tertiary/aromatic N) is 5. The molecule has 2 heterocycles. The summed E-state index contributed by atoms with van der Waals surface area (Å²) in [6.07, 6.45) is 5.73. The van der Waals surface area contributed by atoms with Crippen LogP contribution in [0.5, 0.6) is 0 Å². The number of benzene rings is 1. The van der Waals surface area contributed by atoms with E-state index in [1.54, 1.807) is 0 Å². The number of aryl methyl sites for hydroxylation is 2. The van der Waals surface area contributed by atoms with Gasteiger partial charge in [0.2, 0.25) is 5.91 Å². The fourth-order valence-electron chi connectivity index (χ4n) is 3.54. The summed E-state index contributed by atoms with van der Waals surface area (Å²) in [5.74, 6) is 1.32. The Morgan fingerprint density at radius 3 is 2.79 bits per heavy atom. The third-order valence-corrected chi connectivity index (χ3v) is 5.12. The van der Waals surface area contributed by atoms with E-state index in [-0.39, 0.29) is 5.92 Å². The molecule has 0 N–H and O–H groups in total. The molecule has 1 amide bonds. The smallest absolute Gasteiger partial charge is 0.226 e. The fourth-order valence-corrected chi connectivity index (χ4v) is 3.54. The molecule has 1 aromatic heterocycles. The molecule has 6 heteroatoms. The summed E-state index contributed by atoms with van der Waals surface area (Å²) in [5, 5.41) is 11.8. The highest BCUT2D eigenvalue weighted by Crippen LogP contribution is 2.30. The molecule has 0 saturated heterocycles. The Balaban J connectivity index is 1.40. The number of carbonyl (C=O) groups excluding carboxylic acids is 1. The van der Waals surface area contributed by atoms with Crippen LogP contribution in [-0.2, 0) is 24.2 Å². The average Bonchev–Trinajstić information content (AvgIpc) is 3.39. The summed E-state index contributed by atoms with van der Waals surface area (Å²) >= 11 is 0. The van der Waals surface area contributed by atoms with Crippen molar-refractivity contribution in [3.8, 4) is 0 Å². The molecule has 2 aromatic rings. The van der Waals surface area contributed by atoms with Gasteiger partial charge in [-0.25, -0.2) is 4.68 Å². The van der Waals surface area contributed by atoms with Gasteiger partial charge in [0.1, 0.15) is 0 Å². The lowest BCUT2D eigenvalue weighted by Gasteiger charge is -2.27. The van der Waals surface area contributed by atoms with Gasteiger partial charge in [-0.1, -0.05) is 30.3 Å². The highest BCUT2D eigenvalue weighted by Gasteiger charge is 2.36.